The van der Waals surface area contributed by atoms with Crippen LogP contribution in [-0.4, -0.2) is 47.0 Å². The minimum Gasteiger partial charge on any atom is -0.378 e. The largest absolute Gasteiger partial charge is 0.378 e. The summed E-state index contributed by atoms with van der Waals surface area (Å²) in [5.74, 6) is 0.489. The smallest absolute Gasteiger partial charge is 0.244 e. The summed E-state index contributed by atoms with van der Waals surface area (Å²) in [6, 6.07) is 15.8. The molecule has 0 spiro atoms. The van der Waals surface area contributed by atoms with Gasteiger partial charge in [-0.15, -0.1) is 0 Å². The summed E-state index contributed by atoms with van der Waals surface area (Å²) in [6.07, 6.45) is 0. The van der Waals surface area contributed by atoms with Crippen molar-refractivity contribution in [2.75, 3.05) is 36.5 Å². The topological polar surface area (TPSA) is 75.2 Å². The molecule has 2 heterocycles. The fourth-order valence-electron chi connectivity index (χ4n) is 3.31. The Morgan fingerprint density at radius 2 is 1.83 bits per heavy atom. The van der Waals surface area contributed by atoms with Crippen LogP contribution in [0.15, 0.2) is 48.5 Å². The molecule has 0 radical (unpaired) electrons. The molecule has 0 saturated carbocycles. The van der Waals surface area contributed by atoms with E-state index in [0.717, 1.165) is 48.8 Å². The van der Waals surface area contributed by atoms with Gasteiger partial charge >= 0.3 is 0 Å². The van der Waals surface area contributed by atoms with Gasteiger partial charge in [-0.3, -0.25) is 14.5 Å². The Bertz CT molecular complexity index is 1030. The van der Waals surface area contributed by atoms with Gasteiger partial charge < -0.3 is 15.0 Å². The maximum absolute atomic E-state index is 12.6. The number of morpholine rings is 1. The minimum atomic E-state index is -0.157. The van der Waals surface area contributed by atoms with E-state index < -0.39 is 0 Å². The highest BCUT2D eigenvalue weighted by Gasteiger charge is 2.14. The standard InChI is InChI=1S/C21H23N5O2S/c1-15-2-4-16(5-3-15)20-23-24-21(29)26(20)14-19(27)22-17-6-8-18(9-7-17)25-10-12-28-13-11-25/h2-9H,10-14H2,1H3,(H,22,27)(H,24,29). The highest BCUT2D eigenvalue weighted by molar-refractivity contribution is 7.71. The van der Waals surface area contributed by atoms with Crippen LogP contribution in [0.5, 0.6) is 0 Å². The quantitative estimate of drug-likeness (QED) is 0.632. The number of rotatable bonds is 5. The number of aromatic amines is 1. The minimum absolute atomic E-state index is 0.0871. The molecule has 0 atom stereocenters. The second kappa shape index (κ2) is 8.59. The lowest BCUT2D eigenvalue weighted by Crippen LogP contribution is -2.36. The Kier molecular flexibility index (Phi) is 5.73. The van der Waals surface area contributed by atoms with Gasteiger partial charge in [0.2, 0.25) is 5.91 Å². The molecule has 0 bridgehead atoms. The van der Waals surface area contributed by atoms with Crippen molar-refractivity contribution in [2.24, 2.45) is 0 Å². The lowest BCUT2D eigenvalue weighted by molar-refractivity contribution is -0.116. The third kappa shape index (κ3) is 4.55. The summed E-state index contributed by atoms with van der Waals surface area (Å²) in [6.45, 7) is 5.36. The van der Waals surface area contributed by atoms with Crippen molar-refractivity contribution in [3.8, 4) is 11.4 Å². The van der Waals surface area contributed by atoms with Crippen molar-refractivity contribution < 1.29 is 9.53 Å². The average Bonchev–Trinajstić information content (AvgIpc) is 3.10. The molecule has 8 heteroatoms. The van der Waals surface area contributed by atoms with E-state index in [1.807, 2.05) is 55.5 Å². The van der Waals surface area contributed by atoms with Gasteiger partial charge in [0.15, 0.2) is 10.6 Å². The van der Waals surface area contributed by atoms with Crippen molar-refractivity contribution >= 4 is 29.5 Å². The fraction of sp³-hybridized carbons (Fsp3) is 0.286. The van der Waals surface area contributed by atoms with E-state index in [9.17, 15) is 4.79 Å². The summed E-state index contributed by atoms with van der Waals surface area (Å²) in [4.78, 5) is 14.9. The summed E-state index contributed by atoms with van der Waals surface area (Å²) >= 11 is 5.32. The van der Waals surface area contributed by atoms with E-state index in [2.05, 4.69) is 20.4 Å². The normalized spacial score (nSPS) is 14.0. The Hall–Kier alpha value is -2.97. The van der Waals surface area contributed by atoms with Crippen LogP contribution in [0.4, 0.5) is 11.4 Å². The summed E-state index contributed by atoms with van der Waals surface area (Å²) in [7, 11) is 0. The first kappa shape index (κ1) is 19.4. The molecule has 2 aromatic carbocycles. The van der Waals surface area contributed by atoms with Crippen LogP contribution in [-0.2, 0) is 16.1 Å². The first-order valence-electron chi connectivity index (χ1n) is 9.55. The van der Waals surface area contributed by atoms with Crippen molar-refractivity contribution in [2.45, 2.75) is 13.5 Å². The van der Waals surface area contributed by atoms with Crippen LogP contribution in [0, 0.1) is 11.7 Å². The van der Waals surface area contributed by atoms with E-state index in [4.69, 9.17) is 17.0 Å². The molecule has 0 aliphatic carbocycles. The zero-order valence-electron chi connectivity index (χ0n) is 16.2. The van der Waals surface area contributed by atoms with Gasteiger partial charge in [0.25, 0.3) is 0 Å². The van der Waals surface area contributed by atoms with Crippen LogP contribution in [0.2, 0.25) is 0 Å². The molecular weight excluding hydrogens is 386 g/mol. The van der Waals surface area contributed by atoms with Crippen LogP contribution in [0.1, 0.15) is 5.56 Å². The maximum atomic E-state index is 12.6. The van der Waals surface area contributed by atoms with E-state index in [1.54, 1.807) is 4.57 Å². The molecule has 1 amide bonds. The van der Waals surface area contributed by atoms with Gasteiger partial charge in [-0.25, -0.2) is 0 Å². The van der Waals surface area contributed by atoms with Crippen molar-refractivity contribution in [3.63, 3.8) is 0 Å². The second-order valence-corrected chi connectivity index (χ2v) is 7.39. The monoisotopic (exact) mass is 409 g/mol. The van der Waals surface area contributed by atoms with Gasteiger partial charge in [0, 0.05) is 30.0 Å². The highest BCUT2D eigenvalue weighted by Crippen LogP contribution is 2.20. The number of aryl methyl sites for hydroxylation is 1. The van der Waals surface area contributed by atoms with Gasteiger partial charge in [-0.05, 0) is 43.4 Å². The highest BCUT2D eigenvalue weighted by atomic mass is 32.1. The number of hydrogen-bond donors (Lipinski definition) is 2. The molecule has 1 aliphatic rings. The number of benzene rings is 2. The first-order valence-corrected chi connectivity index (χ1v) is 9.96. The van der Waals surface area contributed by atoms with Gasteiger partial charge in [-0.1, -0.05) is 29.8 Å². The van der Waals surface area contributed by atoms with Crippen molar-refractivity contribution in [1.29, 1.82) is 0 Å². The Morgan fingerprint density at radius 3 is 2.52 bits per heavy atom. The first-order chi connectivity index (χ1) is 14.1. The number of carbonyl (C=O) groups excluding carboxylic acids is 1. The van der Waals surface area contributed by atoms with Crippen LogP contribution >= 0.6 is 12.2 Å². The molecule has 1 aliphatic heterocycles. The predicted octanol–water partition coefficient (Wildman–Crippen LogP) is 3.39. The zero-order valence-corrected chi connectivity index (χ0v) is 17.0. The van der Waals surface area contributed by atoms with Gasteiger partial charge in [0.05, 0.1) is 13.2 Å². The summed E-state index contributed by atoms with van der Waals surface area (Å²) in [5.41, 5.74) is 3.95. The maximum Gasteiger partial charge on any atom is 0.244 e. The number of nitrogens with one attached hydrogen (secondary N) is 2. The van der Waals surface area contributed by atoms with Gasteiger partial charge in [0.1, 0.15) is 6.54 Å². The van der Waals surface area contributed by atoms with E-state index in [-0.39, 0.29) is 12.5 Å². The molecule has 150 valence electrons. The number of amides is 1. The van der Waals surface area contributed by atoms with E-state index >= 15 is 0 Å². The Balaban J connectivity index is 1.44. The third-order valence-corrected chi connectivity index (χ3v) is 5.21. The molecule has 2 N–H and O–H groups in total. The number of carbonyl (C=O) groups is 1. The lowest BCUT2D eigenvalue weighted by Gasteiger charge is -2.28. The molecule has 1 aromatic heterocycles. The number of H-pyrrole nitrogens is 1. The Morgan fingerprint density at radius 1 is 1.14 bits per heavy atom. The molecule has 7 nitrogen and oxygen atoms in total. The number of anilines is 2. The zero-order chi connectivity index (χ0) is 20.2. The average molecular weight is 410 g/mol. The second-order valence-electron chi connectivity index (χ2n) is 7.00. The van der Waals surface area contributed by atoms with Crippen molar-refractivity contribution in [1.82, 2.24) is 14.8 Å². The van der Waals surface area contributed by atoms with Crippen molar-refractivity contribution in [3.05, 3.63) is 58.9 Å². The van der Waals surface area contributed by atoms with Crippen LogP contribution in [0.25, 0.3) is 11.4 Å². The number of ether oxygens (including phenoxy) is 1. The van der Waals surface area contributed by atoms with E-state index in [0.29, 0.717) is 10.6 Å². The molecule has 1 fully saturated rings. The fourth-order valence-corrected chi connectivity index (χ4v) is 3.51. The van der Waals surface area contributed by atoms with Crippen LogP contribution in [0.3, 0.4) is 0 Å². The number of nitrogens with zero attached hydrogens (tertiary/aromatic N) is 3. The summed E-state index contributed by atoms with van der Waals surface area (Å²) < 4.78 is 7.51. The molecule has 1 saturated heterocycles. The van der Waals surface area contributed by atoms with Gasteiger partial charge in [-0.2, -0.15) is 5.10 Å². The summed E-state index contributed by atoms with van der Waals surface area (Å²) in [5, 5.41) is 10.0. The third-order valence-electron chi connectivity index (χ3n) is 4.90. The Labute approximate surface area is 174 Å². The molecule has 29 heavy (non-hydrogen) atoms. The number of hydrogen-bond acceptors (Lipinski definition) is 5. The molecule has 3 aromatic rings. The van der Waals surface area contributed by atoms with Crippen LogP contribution < -0.4 is 10.2 Å². The lowest BCUT2D eigenvalue weighted by atomic mass is 10.1. The molecule has 0 unspecified atom stereocenters. The molecule has 4 rings (SSSR count). The predicted molar refractivity (Wildman–Crippen MR) is 116 cm³/mol. The van der Waals surface area contributed by atoms with E-state index in [1.165, 1.54) is 0 Å². The molecular formula is C21H23N5O2S. The SMILES string of the molecule is Cc1ccc(-c2n[nH]c(=S)n2CC(=O)Nc2ccc(N3CCOCC3)cc2)cc1. The number of aromatic nitrogens is 3.